The normalized spacial score (nSPS) is 13.9. The third kappa shape index (κ3) is 5.65. The number of piperazine rings is 1. The van der Waals surface area contributed by atoms with Crippen LogP contribution in [0, 0.1) is 11.3 Å². The number of benzene rings is 3. The van der Waals surface area contributed by atoms with E-state index in [9.17, 15) is 5.26 Å². The summed E-state index contributed by atoms with van der Waals surface area (Å²) in [5, 5.41) is 9.80. The van der Waals surface area contributed by atoms with Gasteiger partial charge in [-0.25, -0.2) is 0 Å². The summed E-state index contributed by atoms with van der Waals surface area (Å²) in [6, 6.07) is 27.2. The number of hydrogen-bond acceptors (Lipinski definition) is 8. The van der Waals surface area contributed by atoms with Gasteiger partial charge in [0.05, 0.1) is 27.4 Å². The fraction of sp³-hybridized carbons (Fsp3) is 0.250. The summed E-state index contributed by atoms with van der Waals surface area (Å²) in [4.78, 5) is 9.01. The second-order valence-corrected chi connectivity index (χ2v) is 9.36. The molecular formula is C32H32N4O4. The molecule has 40 heavy (non-hydrogen) atoms. The van der Waals surface area contributed by atoms with Gasteiger partial charge in [-0.1, -0.05) is 60.7 Å². The third-order valence-electron chi connectivity index (χ3n) is 7.03. The summed E-state index contributed by atoms with van der Waals surface area (Å²) in [6.45, 7) is 3.07. The first-order chi connectivity index (χ1) is 19.6. The molecule has 204 valence electrons. The van der Waals surface area contributed by atoms with Crippen LogP contribution in [0.1, 0.15) is 34.3 Å². The number of oxazole rings is 1. The quantitative estimate of drug-likeness (QED) is 0.271. The zero-order chi connectivity index (χ0) is 27.9. The molecule has 1 fully saturated rings. The number of rotatable bonds is 9. The van der Waals surface area contributed by atoms with E-state index in [0.717, 1.165) is 31.7 Å². The molecule has 0 spiro atoms. The van der Waals surface area contributed by atoms with E-state index in [0.29, 0.717) is 29.0 Å². The molecule has 0 radical (unpaired) electrons. The van der Waals surface area contributed by atoms with Gasteiger partial charge >= 0.3 is 0 Å². The van der Waals surface area contributed by atoms with Gasteiger partial charge in [0.15, 0.2) is 11.5 Å². The molecule has 0 atom stereocenters. The first kappa shape index (κ1) is 26.9. The summed E-state index contributed by atoms with van der Waals surface area (Å²) < 4.78 is 22.4. The zero-order valence-electron chi connectivity index (χ0n) is 22.9. The molecular weight excluding hydrogens is 504 g/mol. The number of hydrogen-bond donors (Lipinski definition) is 0. The zero-order valence-corrected chi connectivity index (χ0v) is 22.9. The van der Waals surface area contributed by atoms with Gasteiger partial charge in [0.25, 0.3) is 0 Å². The van der Waals surface area contributed by atoms with Crippen molar-refractivity contribution in [1.82, 2.24) is 9.88 Å². The molecule has 4 aromatic rings. The Morgan fingerprint density at radius 3 is 1.90 bits per heavy atom. The fourth-order valence-electron chi connectivity index (χ4n) is 5.12. The Labute approximate surface area is 234 Å². The Bertz CT molecular complexity index is 1420. The summed E-state index contributed by atoms with van der Waals surface area (Å²) in [7, 11) is 4.72. The number of anilines is 1. The van der Waals surface area contributed by atoms with Crippen molar-refractivity contribution < 1.29 is 18.6 Å². The first-order valence-corrected chi connectivity index (χ1v) is 13.1. The van der Waals surface area contributed by atoms with Crippen molar-refractivity contribution in [2.45, 2.75) is 6.04 Å². The lowest BCUT2D eigenvalue weighted by atomic mass is 9.96. The monoisotopic (exact) mass is 536 g/mol. The summed E-state index contributed by atoms with van der Waals surface area (Å²) in [5.41, 5.74) is 3.62. The van der Waals surface area contributed by atoms with E-state index >= 15 is 0 Å². The van der Waals surface area contributed by atoms with Crippen LogP contribution in [0.3, 0.4) is 0 Å². The van der Waals surface area contributed by atoms with Crippen LogP contribution in [0.15, 0.2) is 77.2 Å². The molecule has 0 aliphatic carbocycles. The number of methoxy groups -OCH3 is 3. The van der Waals surface area contributed by atoms with Crippen LogP contribution in [0.2, 0.25) is 0 Å². The van der Waals surface area contributed by atoms with E-state index in [2.05, 4.69) is 69.4 Å². The van der Waals surface area contributed by atoms with Crippen LogP contribution < -0.4 is 19.1 Å². The highest BCUT2D eigenvalue weighted by atomic mass is 16.5. The summed E-state index contributed by atoms with van der Waals surface area (Å²) in [5.74, 6) is 2.48. The summed E-state index contributed by atoms with van der Waals surface area (Å²) in [6.07, 6.45) is 3.58. The largest absolute Gasteiger partial charge is 0.493 e. The maximum absolute atomic E-state index is 9.80. The second-order valence-electron chi connectivity index (χ2n) is 9.36. The summed E-state index contributed by atoms with van der Waals surface area (Å²) >= 11 is 0. The third-order valence-corrected chi connectivity index (χ3v) is 7.03. The van der Waals surface area contributed by atoms with Gasteiger partial charge < -0.3 is 23.5 Å². The molecule has 2 heterocycles. The molecule has 1 saturated heterocycles. The molecule has 0 unspecified atom stereocenters. The molecule has 1 aliphatic rings. The van der Waals surface area contributed by atoms with Gasteiger partial charge in [0, 0.05) is 32.3 Å². The van der Waals surface area contributed by atoms with Crippen LogP contribution in [0.4, 0.5) is 5.88 Å². The standard InChI is InChI=1S/C32H32N4O4/c1-37-27-20-23(21-28(38-2)31(27)39-3)14-15-29-34-26(22-33)32(40-29)36-18-16-35(17-19-36)30(24-10-6-4-7-11-24)25-12-8-5-9-13-25/h4-15,20-21,30H,16-19H2,1-3H3/b15-14+. The molecule has 0 amide bonds. The van der Waals surface area contributed by atoms with Gasteiger partial charge in [-0.3, -0.25) is 4.90 Å². The van der Waals surface area contributed by atoms with Gasteiger partial charge in [-0.05, 0) is 34.9 Å². The van der Waals surface area contributed by atoms with Gasteiger partial charge in [0.1, 0.15) is 6.07 Å². The predicted octanol–water partition coefficient (Wildman–Crippen LogP) is 5.65. The lowest BCUT2D eigenvalue weighted by Gasteiger charge is -2.39. The molecule has 1 aromatic heterocycles. The molecule has 8 heteroatoms. The van der Waals surface area contributed by atoms with E-state index in [1.165, 1.54) is 11.1 Å². The molecule has 3 aromatic carbocycles. The van der Waals surface area contributed by atoms with E-state index in [-0.39, 0.29) is 11.7 Å². The van der Waals surface area contributed by atoms with Crippen LogP contribution in [0.25, 0.3) is 12.2 Å². The molecule has 0 saturated carbocycles. The van der Waals surface area contributed by atoms with Crippen LogP contribution in [-0.2, 0) is 0 Å². The second kappa shape index (κ2) is 12.4. The highest BCUT2D eigenvalue weighted by molar-refractivity contribution is 5.71. The molecule has 0 N–H and O–H groups in total. The molecule has 0 bridgehead atoms. The van der Waals surface area contributed by atoms with Crippen LogP contribution in [-0.4, -0.2) is 57.4 Å². The first-order valence-electron chi connectivity index (χ1n) is 13.1. The Morgan fingerprint density at radius 1 is 0.825 bits per heavy atom. The highest BCUT2D eigenvalue weighted by Crippen LogP contribution is 2.39. The van der Waals surface area contributed by atoms with Gasteiger partial charge in [-0.2, -0.15) is 10.2 Å². The molecule has 8 nitrogen and oxygen atoms in total. The van der Waals surface area contributed by atoms with Crippen molar-refractivity contribution in [3.63, 3.8) is 0 Å². The molecule has 1 aliphatic heterocycles. The maximum atomic E-state index is 9.80. The van der Waals surface area contributed by atoms with Crippen molar-refractivity contribution >= 4 is 18.0 Å². The topological polar surface area (TPSA) is 84.0 Å². The number of aromatic nitrogens is 1. The SMILES string of the molecule is COc1cc(/C=C/c2nc(C#N)c(N3CCN(C(c4ccccc4)c4ccccc4)CC3)o2)cc(OC)c1OC. The lowest BCUT2D eigenvalue weighted by Crippen LogP contribution is -2.48. The Morgan fingerprint density at radius 2 is 1.40 bits per heavy atom. The van der Waals surface area contributed by atoms with Crippen molar-refractivity contribution in [1.29, 1.82) is 5.26 Å². The predicted molar refractivity (Wildman–Crippen MR) is 155 cm³/mol. The maximum Gasteiger partial charge on any atom is 0.235 e. The Balaban J connectivity index is 1.33. The smallest absolute Gasteiger partial charge is 0.235 e. The lowest BCUT2D eigenvalue weighted by molar-refractivity contribution is 0.209. The minimum absolute atomic E-state index is 0.159. The number of nitriles is 1. The van der Waals surface area contributed by atoms with E-state index in [4.69, 9.17) is 18.6 Å². The van der Waals surface area contributed by atoms with Gasteiger partial charge in [0.2, 0.25) is 23.2 Å². The molecule has 5 rings (SSSR count). The van der Waals surface area contributed by atoms with Crippen molar-refractivity contribution in [3.8, 4) is 23.3 Å². The number of ether oxygens (including phenoxy) is 3. The van der Waals surface area contributed by atoms with E-state index in [1.54, 1.807) is 27.4 Å². The average molecular weight is 537 g/mol. The minimum Gasteiger partial charge on any atom is -0.493 e. The van der Waals surface area contributed by atoms with Crippen LogP contribution >= 0.6 is 0 Å². The minimum atomic E-state index is 0.159. The highest BCUT2D eigenvalue weighted by Gasteiger charge is 2.29. The van der Waals surface area contributed by atoms with Crippen molar-refractivity contribution in [2.24, 2.45) is 0 Å². The Hall–Kier alpha value is -4.74. The van der Waals surface area contributed by atoms with Crippen LogP contribution in [0.5, 0.6) is 17.2 Å². The fourth-order valence-corrected chi connectivity index (χ4v) is 5.12. The van der Waals surface area contributed by atoms with Crippen molar-refractivity contribution in [2.75, 3.05) is 52.4 Å². The van der Waals surface area contributed by atoms with Crippen molar-refractivity contribution in [3.05, 3.63) is 101 Å². The van der Waals surface area contributed by atoms with E-state index in [1.807, 2.05) is 30.3 Å². The van der Waals surface area contributed by atoms with Gasteiger partial charge in [-0.15, -0.1) is 0 Å². The van der Waals surface area contributed by atoms with E-state index < -0.39 is 0 Å². The average Bonchev–Trinajstić information content (AvgIpc) is 3.44. The number of nitrogens with zero attached hydrogens (tertiary/aromatic N) is 4. The Kier molecular flexibility index (Phi) is 8.33.